The van der Waals surface area contributed by atoms with Gasteiger partial charge in [-0.05, 0) is 35.9 Å². The second kappa shape index (κ2) is 7.78. The number of hydrogen-bond acceptors (Lipinski definition) is 3. The highest BCUT2D eigenvalue weighted by atomic mass is 19.1. The summed E-state index contributed by atoms with van der Waals surface area (Å²) < 4.78 is 17.6. The van der Waals surface area contributed by atoms with Gasteiger partial charge in [-0.1, -0.05) is 12.1 Å². The molecule has 0 radical (unpaired) electrons. The number of carbonyl (C=O) groups excluding carboxylic acids is 2. The van der Waals surface area contributed by atoms with E-state index in [2.05, 4.69) is 10.6 Å². The molecule has 0 aliphatic heterocycles. The summed E-state index contributed by atoms with van der Waals surface area (Å²) in [5.74, 6) is -0.728. The minimum atomic E-state index is -0.332. The summed E-state index contributed by atoms with van der Waals surface area (Å²) in [5.41, 5.74) is 0.725. The molecule has 22 heavy (non-hydrogen) atoms. The van der Waals surface area contributed by atoms with Crippen LogP contribution in [-0.2, 0) is 4.79 Å². The van der Waals surface area contributed by atoms with Gasteiger partial charge >= 0.3 is 0 Å². The maximum Gasteiger partial charge on any atom is 0.287 e. The first kappa shape index (κ1) is 15.5. The first-order valence-electron chi connectivity index (χ1n) is 6.68. The molecular weight excluding hydrogens is 287 g/mol. The number of rotatable bonds is 6. The van der Waals surface area contributed by atoms with Crippen LogP contribution in [0, 0.1) is 5.82 Å². The van der Waals surface area contributed by atoms with E-state index in [1.807, 2.05) is 0 Å². The summed E-state index contributed by atoms with van der Waals surface area (Å²) in [7, 11) is 0. The van der Waals surface area contributed by atoms with Crippen molar-refractivity contribution in [3.05, 3.63) is 65.9 Å². The van der Waals surface area contributed by atoms with E-state index < -0.39 is 0 Å². The summed E-state index contributed by atoms with van der Waals surface area (Å²) in [6.07, 6.45) is 4.34. The minimum absolute atomic E-state index is 0.225. The highest BCUT2D eigenvalue weighted by Gasteiger charge is 2.06. The Balaban J connectivity index is 1.67. The van der Waals surface area contributed by atoms with Gasteiger partial charge in [0.25, 0.3) is 5.91 Å². The zero-order valence-electron chi connectivity index (χ0n) is 11.7. The zero-order chi connectivity index (χ0) is 15.8. The minimum Gasteiger partial charge on any atom is -0.459 e. The van der Waals surface area contributed by atoms with Crippen molar-refractivity contribution in [1.82, 2.24) is 10.6 Å². The van der Waals surface area contributed by atoms with E-state index in [0.717, 1.165) is 5.56 Å². The predicted molar refractivity (Wildman–Crippen MR) is 79.5 cm³/mol. The van der Waals surface area contributed by atoms with Crippen LogP contribution in [0.15, 0.2) is 53.2 Å². The van der Waals surface area contributed by atoms with Gasteiger partial charge in [0.05, 0.1) is 6.26 Å². The molecule has 0 bridgehead atoms. The third kappa shape index (κ3) is 4.90. The van der Waals surface area contributed by atoms with Crippen LogP contribution >= 0.6 is 0 Å². The molecule has 5 nitrogen and oxygen atoms in total. The molecule has 2 rings (SSSR count). The molecule has 0 saturated carbocycles. The molecule has 1 aromatic carbocycles. The number of amides is 2. The van der Waals surface area contributed by atoms with Crippen molar-refractivity contribution >= 4 is 17.9 Å². The van der Waals surface area contributed by atoms with Crippen LogP contribution in [0.3, 0.4) is 0 Å². The lowest BCUT2D eigenvalue weighted by molar-refractivity contribution is -0.116. The molecule has 0 atom stereocenters. The standard InChI is InChI=1S/C16H15FN2O3/c17-13-6-3-12(4-7-13)5-8-15(20)18-9-10-19-16(21)14-2-1-11-22-14/h1-8,11H,9-10H2,(H,18,20)(H,19,21)/b8-5+. The van der Waals surface area contributed by atoms with Crippen LogP contribution in [-0.4, -0.2) is 24.9 Å². The van der Waals surface area contributed by atoms with Crippen molar-refractivity contribution in [2.45, 2.75) is 0 Å². The summed E-state index contributed by atoms with van der Waals surface area (Å²) >= 11 is 0. The molecule has 2 aromatic rings. The van der Waals surface area contributed by atoms with Crippen LogP contribution in [0.5, 0.6) is 0 Å². The fraction of sp³-hybridized carbons (Fsp3) is 0.125. The lowest BCUT2D eigenvalue weighted by atomic mass is 10.2. The number of hydrogen-bond donors (Lipinski definition) is 2. The molecule has 1 heterocycles. The Morgan fingerprint density at radius 3 is 2.50 bits per heavy atom. The average Bonchev–Trinajstić information content (AvgIpc) is 3.05. The molecule has 0 spiro atoms. The van der Waals surface area contributed by atoms with Gasteiger partial charge in [-0.2, -0.15) is 0 Å². The highest BCUT2D eigenvalue weighted by Crippen LogP contribution is 2.04. The van der Waals surface area contributed by atoms with Gasteiger partial charge in [0.2, 0.25) is 5.91 Å². The molecule has 114 valence electrons. The van der Waals surface area contributed by atoms with E-state index in [9.17, 15) is 14.0 Å². The van der Waals surface area contributed by atoms with Crippen molar-refractivity contribution in [2.24, 2.45) is 0 Å². The summed E-state index contributed by atoms with van der Waals surface area (Å²) in [6.45, 7) is 0.578. The van der Waals surface area contributed by atoms with E-state index in [4.69, 9.17) is 4.42 Å². The Kier molecular flexibility index (Phi) is 5.48. The van der Waals surface area contributed by atoms with Gasteiger partial charge in [0.1, 0.15) is 5.82 Å². The molecule has 0 fully saturated rings. The van der Waals surface area contributed by atoms with Crippen molar-refractivity contribution < 1.29 is 18.4 Å². The maximum absolute atomic E-state index is 12.7. The largest absolute Gasteiger partial charge is 0.459 e. The van der Waals surface area contributed by atoms with Gasteiger partial charge in [0.15, 0.2) is 5.76 Å². The van der Waals surface area contributed by atoms with Gasteiger partial charge in [0, 0.05) is 19.2 Å². The molecule has 2 amide bonds. The van der Waals surface area contributed by atoms with Crippen LogP contribution in [0.4, 0.5) is 4.39 Å². The fourth-order valence-corrected chi connectivity index (χ4v) is 1.66. The highest BCUT2D eigenvalue weighted by molar-refractivity contribution is 5.92. The van der Waals surface area contributed by atoms with Crippen molar-refractivity contribution in [3.63, 3.8) is 0 Å². The Morgan fingerprint density at radius 2 is 1.82 bits per heavy atom. The second-order valence-electron chi connectivity index (χ2n) is 4.41. The fourth-order valence-electron chi connectivity index (χ4n) is 1.66. The van der Waals surface area contributed by atoms with Crippen LogP contribution < -0.4 is 10.6 Å². The number of furan rings is 1. The number of halogens is 1. The first-order chi connectivity index (χ1) is 10.6. The van der Waals surface area contributed by atoms with Crippen LogP contribution in [0.25, 0.3) is 6.08 Å². The molecule has 0 aliphatic rings. The van der Waals surface area contributed by atoms with Gasteiger partial charge in [-0.15, -0.1) is 0 Å². The van der Waals surface area contributed by atoms with Gasteiger partial charge in [-0.3, -0.25) is 9.59 Å². The average molecular weight is 302 g/mol. The Bertz CT molecular complexity index is 649. The van der Waals surface area contributed by atoms with E-state index in [1.54, 1.807) is 30.3 Å². The Labute approximate surface area is 126 Å². The second-order valence-corrected chi connectivity index (χ2v) is 4.41. The lowest BCUT2D eigenvalue weighted by Gasteiger charge is -2.03. The summed E-state index contributed by atoms with van der Waals surface area (Å²) in [4.78, 5) is 23.1. The Hall–Kier alpha value is -2.89. The topological polar surface area (TPSA) is 71.3 Å². The van der Waals surface area contributed by atoms with E-state index in [0.29, 0.717) is 6.54 Å². The molecule has 6 heteroatoms. The summed E-state index contributed by atoms with van der Waals surface area (Å²) in [6, 6.07) is 8.96. The SMILES string of the molecule is O=C(/C=C/c1ccc(F)cc1)NCCNC(=O)c1ccco1. The molecule has 2 N–H and O–H groups in total. The van der Waals surface area contributed by atoms with Crippen LogP contribution in [0.1, 0.15) is 16.1 Å². The van der Waals surface area contributed by atoms with Crippen LogP contribution in [0.2, 0.25) is 0 Å². The first-order valence-corrected chi connectivity index (χ1v) is 6.68. The predicted octanol–water partition coefficient (Wildman–Crippen LogP) is 1.98. The van der Waals surface area contributed by atoms with E-state index >= 15 is 0 Å². The normalized spacial score (nSPS) is 10.6. The maximum atomic E-state index is 12.7. The molecule has 1 aromatic heterocycles. The number of carbonyl (C=O) groups is 2. The van der Waals surface area contributed by atoms with Crippen molar-refractivity contribution in [1.29, 1.82) is 0 Å². The Morgan fingerprint density at radius 1 is 1.09 bits per heavy atom. The van der Waals surface area contributed by atoms with Gasteiger partial charge < -0.3 is 15.1 Å². The van der Waals surface area contributed by atoms with Gasteiger partial charge in [-0.25, -0.2) is 4.39 Å². The monoisotopic (exact) mass is 302 g/mol. The molecule has 0 unspecified atom stereocenters. The zero-order valence-corrected chi connectivity index (χ0v) is 11.7. The third-order valence-corrected chi connectivity index (χ3v) is 2.75. The number of nitrogens with one attached hydrogen (secondary N) is 2. The number of benzene rings is 1. The van der Waals surface area contributed by atoms with E-state index in [-0.39, 0.29) is 29.9 Å². The molecule has 0 saturated heterocycles. The quantitative estimate of drug-likeness (QED) is 0.633. The van der Waals surface area contributed by atoms with Crippen molar-refractivity contribution in [2.75, 3.05) is 13.1 Å². The van der Waals surface area contributed by atoms with E-state index in [1.165, 1.54) is 24.5 Å². The van der Waals surface area contributed by atoms with Crippen molar-refractivity contribution in [3.8, 4) is 0 Å². The smallest absolute Gasteiger partial charge is 0.287 e. The summed E-state index contributed by atoms with van der Waals surface area (Å²) in [5, 5.41) is 5.23. The molecule has 0 aliphatic carbocycles. The lowest BCUT2D eigenvalue weighted by Crippen LogP contribution is -2.33. The molecular formula is C16H15FN2O3. The third-order valence-electron chi connectivity index (χ3n) is 2.75.